The second-order valence-electron chi connectivity index (χ2n) is 11.6. The van der Waals surface area contributed by atoms with Gasteiger partial charge < -0.3 is 0 Å². The molecule has 46 heavy (non-hydrogen) atoms. The topological polar surface area (TPSA) is 51.6 Å². The third-order valence-electron chi connectivity index (χ3n) is 8.85. The number of hydrogen-bond donors (Lipinski definition) is 0. The smallest absolute Gasteiger partial charge is 0.0788 e. The Hall–Kier alpha value is -6.26. The van der Waals surface area contributed by atoms with Gasteiger partial charge in [0.25, 0.3) is 0 Å². The highest BCUT2D eigenvalue weighted by Gasteiger charge is 2.16. The number of fused-ring (bicyclic) bond motifs is 7. The third-order valence-corrected chi connectivity index (χ3v) is 8.85. The molecular formula is C42H26N4. The Bertz CT molecular complexity index is 2520. The fraction of sp³-hybridized carbons (Fsp3) is 0. The van der Waals surface area contributed by atoms with Gasteiger partial charge in [0.15, 0.2) is 0 Å². The van der Waals surface area contributed by atoms with E-state index in [1.54, 1.807) is 0 Å². The van der Waals surface area contributed by atoms with Gasteiger partial charge in [-0.2, -0.15) is 0 Å². The molecule has 0 atom stereocenters. The molecule has 4 nitrogen and oxygen atoms in total. The number of rotatable bonds is 4. The molecule has 9 aromatic rings. The minimum atomic E-state index is 0.963. The Morgan fingerprint density at radius 3 is 1.76 bits per heavy atom. The van der Waals surface area contributed by atoms with Gasteiger partial charge in [0.05, 0.1) is 16.7 Å². The van der Waals surface area contributed by atoms with E-state index in [0.29, 0.717) is 0 Å². The lowest BCUT2D eigenvalue weighted by atomic mass is 9.91. The Morgan fingerprint density at radius 2 is 1.00 bits per heavy atom. The second kappa shape index (κ2) is 10.7. The summed E-state index contributed by atoms with van der Waals surface area (Å²) >= 11 is 0. The summed E-state index contributed by atoms with van der Waals surface area (Å²) in [6, 6.07) is 45.1. The minimum Gasteiger partial charge on any atom is -0.265 e. The van der Waals surface area contributed by atoms with Crippen LogP contribution in [0.1, 0.15) is 0 Å². The Morgan fingerprint density at radius 1 is 0.370 bits per heavy atom. The molecule has 0 spiro atoms. The largest absolute Gasteiger partial charge is 0.265 e. The molecule has 0 radical (unpaired) electrons. The molecule has 0 saturated heterocycles. The van der Waals surface area contributed by atoms with Gasteiger partial charge >= 0.3 is 0 Å². The summed E-state index contributed by atoms with van der Waals surface area (Å²) in [7, 11) is 0. The standard InChI is InChI=1S/C42H26N4/c1-2-9-38-36(8-1)40-37(13-12-29-10-11-30-7-4-18-45-42(30)39(29)40)41(46-38)32-6-3-5-31(23-32)35-25-33(27-14-19-43-20-15-27)24-34(26-35)28-16-21-44-22-17-28/h1-26H. The molecule has 9 rings (SSSR count). The van der Waals surface area contributed by atoms with E-state index in [1.165, 1.54) is 16.2 Å². The first-order valence-electron chi connectivity index (χ1n) is 15.4. The van der Waals surface area contributed by atoms with Gasteiger partial charge in [-0.25, -0.2) is 4.98 Å². The highest BCUT2D eigenvalue weighted by molar-refractivity contribution is 6.28. The van der Waals surface area contributed by atoms with Crippen LogP contribution in [0.15, 0.2) is 158 Å². The fourth-order valence-electron chi connectivity index (χ4n) is 6.68. The predicted octanol–water partition coefficient (Wildman–Crippen LogP) is 10.5. The molecule has 4 heterocycles. The van der Waals surface area contributed by atoms with Crippen molar-refractivity contribution in [3.63, 3.8) is 0 Å². The Labute approximate surface area is 265 Å². The zero-order chi connectivity index (χ0) is 30.5. The second-order valence-corrected chi connectivity index (χ2v) is 11.6. The van der Waals surface area contributed by atoms with Crippen molar-refractivity contribution in [2.45, 2.75) is 0 Å². The van der Waals surface area contributed by atoms with E-state index in [0.717, 1.165) is 71.8 Å². The molecule has 214 valence electrons. The van der Waals surface area contributed by atoms with E-state index in [1.807, 2.05) is 37.1 Å². The van der Waals surface area contributed by atoms with Crippen molar-refractivity contribution in [3.8, 4) is 44.6 Å². The van der Waals surface area contributed by atoms with Crippen molar-refractivity contribution >= 4 is 43.4 Å². The van der Waals surface area contributed by atoms with Crippen LogP contribution in [-0.2, 0) is 0 Å². The number of pyridine rings is 4. The van der Waals surface area contributed by atoms with Crippen LogP contribution in [-0.4, -0.2) is 19.9 Å². The van der Waals surface area contributed by atoms with Crippen molar-refractivity contribution in [3.05, 3.63) is 158 Å². The number of aromatic nitrogens is 4. The average molecular weight is 587 g/mol. The molecule has 4 aromatic heterocycles. The minimum absolute atomic E-state index is 0.963. The predicted molar refractivity (Wildman–Crippen MR) is 189 cm³/mol. The Kier molecular flexibility index (Phi) is 6.10. The first-order valence-corrected chi connectivity index (χ1v) is 15.4. The first-order chi connectivity index (χ1) is 22.8. The van der Waals surface area contributed by atoms with Crippen molar-refractivity contribution in [1.82, 2.24) is 19.9 Å². The van der Waals surface area contributed by atoms with Crippen LogP contribution in [0.2, 0.25) is 0 Å². The van der Waals surface area contributed by atoms with Crippen LogP contribution in [0, 0.1) is 0 Å². The monoisotopic (exact) mass is 586 g/mol. The molecule has 0 N–H and O–H groups in total. The molecule has 0 amide bonds. The summed E-state index contributed by atoms with van der Waals surface area (Å²) in [5.41, 5.74) is 10.8. The summed E-state index contributed by atoms with van der Waals surface area (Å²) < 4.78 is 0. The number of nitrogens with zero attached hydrogens (tertiary/aromatic N) is 4. The van der Waals surface area contributed by atoms with Gasteiger partial charge in [0, 0.05) is 63.5 Å². The van der Waals surface area contributed by atoms with Crippen molar-refractivity contribution < 1.29 is 0 Å². The molecule has 0 aliphatic rings. The van der Waals surface area contributed by atoms with E-state index >= 15 is 0 Å². The number of para-hydroxylation sites is 1. The summed E-state index contributed by atoms with van der Waals surface area (Å²) in [6.45, 7) is 0. The maximum Gasteiger partial charge on any atom is 0.0788 e. The number of benzene rings is 5. The first kappa shape index (κ1) is 26.2. The summed E-state index contributed by atoms with van der Waals surface area (Å²) in [6.07, 6.45) is 9.25. The maximum atomic E-state index is 5.29. The van der Waals surface area contributed by atoms with Gasteiger partial charge in [-0.05, 0) is 99.4 Å². The zero-order valence-electron chi connectivity index (χ0n) is 24.8. The van der Waals surface area contributed by atoms with Gasteiger partial charge in [-0.3, -0.25) is 15.0 Å². The highest BCUT2D eigenvalue weighted by Crippen LogP contribution is 2.40. The molecule has 0 saturated carbocycles. The molecule has 0 unspecified atom stereocenters. The van der Waals surface area contributed by atoms with Crippen molar-refractivity contribution in [2.75, 3.05) is 0 Å². The SMILES string of the molecule is c1cc(-c2cc(-c3ccncc3)cc(-c3ccncc3)c2)cc(-c2nc3ccccc3c3c2ccc2ccc4cccnc4c23)c1. The molecule has 0 aliphatic carbocycles. The summed E-state index contributed by atoms with van der Waals surface area (Å²) in [5, 5.41) is 6.90. The Balaban J connectivity index is 1.29. The van der Waals surface area contributed by atoms with Crippen LogP contribution in [0.25, 0.3) is 88.0 Å². The average Bonchev–Trinajstić information content (AvgIpc) is 3.14. The van der Waals surface area contributed by atoms with Gasteiger partial charge in [-0.1, -0.05) is 66.7 Å². The van der Waals surface area contributed by atoms with Gasteiger partial charge in [0.1, 0.15) is 0 Å². The quantitative estimate of drug-likeness (QED) is 0.193. The molecule has 0 bridgehead atoms. The van der Waals surface area contributed by atoms with Crippen LogP contribution in [0.5, 0.6) is 0 Å². The van der Waals surface area contributed by atoms with Crippen LogP contribution in [0.3, 0.4) is 0 Å². The molecule has 5 aromatic carbocycles. The van der Waals surface area contributed by atoms with E-state index in [2.05, 4.69) is 131 Å². The maximum absolute atomic E-state index is 5.29. The van der Waals surface area contributed by atoms with Crippen LogP contribution < -0.4 is 0 Å². The molecular weight excluding hydrogens is 560 g/mol. The molecule has 4 heteroatoms. The van der Waals surface area contributed by atoms with E-state index < -0.39 is 0 Å². The van der Waals surface area contributed by atoms with E-state index in [-0.39, 0.29) is 0 Å². The highest BCUT2D eigenvalue weighted by atomic mass is 14.7. The lowest BCUT2D eigenvalue weighted by Crippen LogP contribution is -1.93. The normalized spacial score (nSPS) is 11.5. The molecule has 0 fully saturated rings. The lowest BCUT2D eigenvalue weighted by Gasteiger charge is -2.15. The van der Waals surface area contributed by atoms with E-state index in [9.17, 15) is 0 Å². The molecule has 0 aliphatic heterocycles. The van der Waals surface area contributed by atoms with Crippen molar-refractivity contribution in [1.29, 1.82) is 0 Å². The zero-order valence-corrected chi connectivity index (χ0v) is 24.8. The summed E-state index contributed by atoms with van der Waals surface area (Å²) in [4.78, 5) is 18.6. The fourth-order valence-corrected chi connectivity index (χ4v) is 6.68. The van der Waals surface area contributed by atoms with Gasteiger partial charge in [0.2, 0.25) is 0 Å². The lowest BCUT2D eigenvalue weighted by molar-refractivity contribution is 1.33. The van der Waals surface area contributed by atoms with Crippen LogP contribution in [0.4, 0.5) is 0 Å². The summed E-state index contributed by atoms with van der Waals surface area (Å²) in [5.74, 6) is 0. The third kappa shape index (κ3) is 4.39. The van der Waals surface area contributed by atoms with E-state index in [4.69, 9.17) is 9.97 Å². The van der Waals surface area contributed by atoms with Gasteiger partial charge in [-0.15, -0.1) is 0 Å². The van der Waals surface area contributed by atoms with Crippen molar-refractivity contribution in [2.24, 2.45) is 0 Å². The van der Waals surface area contributed by atoms with Crippen LogP contribution >= 0.6 is 0 Å². The number of hydrogen-bond acceptors (Lipinski definition) is 4.